The van der Waals surface area contributed by atoms with Crippen molar-refractivity contribution in [2.24, 2.45) is 0 Å². The summed E-state index contributed by atoms with van der Waals surface area (Å²) in [6, 6.07) is 8.32. The van der Waals surface area contributed by atoms with Crippen LogP contribution in [0.2, 0.25) is 0 Å². The van der Waals surface area contributed by atoms with Crippen LogP contribution >= 0.6 is 0 Å². The predicted molar refractivity (Wildman–Crippen MR) is 102 cm³/mol. The lowest BCUT2D eigenvalue weighted by atomic mass is 10.1. The van der Waals surface area contributed by atoms with Crippen molar-refractivity contribution in [2.45, 2.75) is 20.5 Å². The van der Waals surface area contributed by atoms with Crippen molar-refractivity contribution in [3.8, 4) is 22.8 Å². The van der Waals surface area contributed by atoms with Gasteiger partial charge in [-0.3, -0.25) is 0 Å². The maximum atomic E-state index is 12.4. The van der Waals surface area contributed by atoms with Gasteiger partial charge < -0.3 is 15.2 Å². The first-order chi connectivity index (χ1) is 13.9. The van der Waals surface area contributed by atoms with Crippen molar-refractivity contribution in [1.29, 1.82) is 0 Å². The number of aromatic hydroxyl groups is 1. The van der Waals surface area contributed by atoms with Crippen LogP contribution in [-0.4, -0.2) is 36.3 Å². The van der Waals surface area contributed by atoms with Gasteiger partial charge in [-0.05, 0) is 31.5 Å². The van der Waals surface area contributed by atoms with E-state index in [2.05, 4.69) is 30.1 Å². The molecule has 0 aliphatic carbocycles. The molecule has 4 aromatic heterocycles. The maximum Gasteiger partial charge on any atom is 0.388 e. The number of fused-ring (bicyclic) bond motifs is 1. The number of anilines is 2. The molecule has 4 aromatic rings. The minimum atomic E-state index is -3.00. The van der Waals surface area contributed by atoms with E-state index >= 15 is 0 Å². The van der Waals surface area contributed by atoms with Crippen molar-refractivity contribution in [1.82, 2.24) is 24.6 Å². The van der Waals surface area contributed by atoms with E-state index in [1.165, 1.54) is 6.07 Å². The monoisotopic (exact) mass is 398 g/mol. The summed E-state index contributed by atoms with van der Waals surface area (Å²) in [7, 11) is 0. The molecule has 4 rings (SSSR count). The molecule has 29 heavy (non-hydrogen) atoms. The molecule has 0 radical (unpaired) electrons. The Kier molecular flexibility index (Phi) is 4.67. The third-order valence-electron chi connectivity index (χ3n) is 4.06. The molecule has 2 N–H and O–H groups in total. The summed E-state index contributed by atoms with van der Waals surface area (Å²) in [5.74, 6) is 1.41. The number of alkyl halides is 2. The van der Waals surface area contributed by atoms with E-state index in [9.17, 15) is 13.9 Å². The molecule has 0 saturated carbocycles. The quantitative estimate of drug-likeness (QED) is 0.527. The SMILES string of the molecule is Cc1cc(Nc2cc3cc(-c4cc(OC(F)F)ncc4O)ccn3n2)nc(C)n1. The summed E-state index contributed by atoms with van der Waals surface area (Å²) >= 11 is 0. The summed E-state index contributed by atoms with van der Waals surface area (Å²) in [6.45, 7) is 0.685. The van der Waals surface area contributed by atoms with Crippen LogP contribution in [0.25, 0.3) is 16.6 Å². The van der Waals surface area contributed by atoms with Gasteiger partial charge >= 0.3 is 6.61 Å². The molecule has 0 spiro atoms. The first-order valence-electron chi connectivity index (χ1n) is 8.60. The molecule has 148 valence electrons. The van der Waals surface area contributed by atoms with Crippen LogP contribution in [0.4, 0.5) is 20.4 Å². The van der Waals surface area contributed by atoms with Gasteiger partial charge in [-0.1, -0.05) is 0 Å². The van der Waals surface area contributed by atoms with Gasteiger partial charge in [0.05, 0.1) is 11.7 Å². The summed E-state index contributed by atoms with van der Waals surface area (Å²) in [5, 5.41) is 17.7. The van der Waals surface area contributed by atoms with Crippen molar-refractivity contribution in [3.63, 3.8) is 0 Å². The number of nitrogens with one attached hydrogen (secondary N) is 1. The van der Waals surface area contributed by atoms with Gasteiger partial charge in [-0.15, -0.1) is 0 Å². The number of hydrogen-bond acceptors (Lipinski definition) is 7. The van der Waals surface area contributed by atoms with Gasteiger partial charge in [0.1, 0.15) is 17.4 Å². The maximum absolute atomic E-state index is 12.4. The first kappa shape index (κ1) is 18.5. The van der Waals surface area contributed by atoms with Crippen molar-refractivity contribution in [3.05, 3.63) is 54.2 Å². The Morgan fingerprint density at radius 3 is 2.69 bits per heavy atom. The Hall–Kier alpha value is -3.82. The summed E-state index contributed by atoms with van der Waals surface area (Å²) in [6.07, 6.45) is 2.76. The second-order valence-corrected chi connectivity index (χ2v) is 6.30. The number of ether oxygens (including phenoxy) is 1. The van der Waals surface area contributed by atoms with E-state index < -0.39 is 6.61 Å². The Balaban J connectivity index is 1.67. The van der Waals surface area contributed by atoms with Crippen molar-refractivity contribution >= 4 is 17.2 Å². The van der Waals surface area contributed by atoms with Crippen LogP contribution in [0.1, 0.15) is 11.5 Å². The van der Waals surface area contributed by atoms with Crippen LogP contribution in [0.5, 0.6) is 11.6 Å². The van der Waals surface area contributed by atoms with Crippen LogP contribution in [-0.2, 0) is 0 Å². The Bertz CT molecular complexity index is 1170. The third-order valence-corrected chi connectivity index (χ3v) is 4.06. The molecule has 0 saturated heterocycles. The van der Waals surface area contributed by atoms with E-state index in [4.69, 9.17) is 0 Å². The van der Waals surface area contributed by atoms with Crippen LogP contribution in [0.15, 0.2) is 42.7 Å². The highest BCUT2D eigenvalue weighted by Gasteiger charge is 2.12. The molecule has 0 bridgehead atoms. The van der Waals surface area contributed by atoms with E-state index in [0.29, 0.717) is 28.6 Å². The standard InChI is InChI=1S/C19H16F2N6O2/c1-10-5-16(24-11(2)23-10)25-17-7-13-6-12(3-4-27(13)26-17)14-8-18(29-19(20)21)22-9-15(14)28/h3-9,19,28H,1-2H3,(H,23,24,25,26). The molecule has 0 fully saturated rings. The molecule has 0 aliphatic rings. The van der Waals surface area contributed by atoms with Crippen LogP contribution in [0.3, 0.4) is 0 Å². The van der Waals surface area contributed by atoms with Crippen LogP contribution < -0.4 is 10.1 Å². The van der Waals surface area contributed by atoms with Crippen molar-refractivity contribution < 1.29 is 18.6 Å². The highest BCUT2D eigenvalue weighted by atomic mass is 19.3. The lowest BCUT2D eigenvalue weighted by Gasteiger charge is -2.08. The smallest absolute Gasteiger partial charge is 0.388 e. The lowest BCUT2D eigenvalue weighted by Crippen LogP contribution is -2.03. The normalized spacial score (nSPS) is 11.2. The molecule has 0 unspecified atom stereocenters. The fourth-order valence-electron chi connectivity index (χ4n) is 2.95. The summed E-state index contributed by atoms with van der Waals surface area (Å²) in [5.41, 5.74) is 2.47. The van der Waals surface area contributed by atoms with Gasteiger partial charge in [-0.25, -0.2) is 19.5 Å². The lowest BCUT2D eigenvalue weighted by molar-refractivity contribution is -0.0528. The van der Waals surface area contributed by atoms with Gasteiger partial charge in [0, 0.05) is 35.7 Å². The van der Waals surface area contributed by atoms with E-state index in [0.717, 1.165) is 17.4 Å². The minimum Gasteiger partial charge on any atom is -0.506 e. The van der Waals surface area contributed by atoms with Gasteiger partial charge in [-0.2, -0.15) is 13.9 Å². The van der Waals surface area contributed by atoms with Crippen LogP contribution in [0, 0.1) is 13.8 Å². The largest absolute Gasteiger partial charge is 0.506 e. The molecular weight excluding hydrogens is 382 g/mol. The predicted octanol–water partition coefficient (Wildman–Crippen LogP) is 3.85. The second kappa shape index (κ2) is 7.30. The van der Waals surface area contributed by atoms with Gasteiger partial charge in [0.15, 0.2) is 5.82 Å². The average molecular weight is 398 g/mol. The molecule has 8 nitrogen and oxygen atoms in total. The zero-order valence-electron chi connectivity index (χ0n) is 15.5. The fraction of sp³-hybridized carbons (Fsp3) is 0.158. The molecule has 0 atom stereocenters. The summed E-state index contributed by atoms with van der Waals surface area (Å²) in [4.78, 5) is 12.2. The molecule has 10 heteroatoms. The highest BCUT2D eigenvalue weighted by molar-refractivity contribution is 5.75. The van der Waals surface area contributed by atoms with E-state index in [1.54, 1.807) is 35.8 Å². The molecular formula is C19H16F2N6O2. The summed E-state index contributed by atoms with van der Waals surface area (Å²) < 4.78 is 30.8. The molecule has 0 aliphatic heterocycles. The molecule has 0 aromatic carbocycles. The molecule has 4 heterocycles. The fourth-order valence-corrected chi connectivity index (χ4v) is 2.95. The zero-order chi connectivity index (χ0) is 20.5. The average Bonchev–Trinajstić information content (AvgIpc) is 3.03. The van der Waals surface area contributed by atoms with Gasteiger partial charge in [0.25, 0.3) is 0 Å². The second-order valence-electron chi connectivity index (χ2n) is 6.30. The Morgan fingerprint density at radius 2 is 1.93 bits per heavy atom. The number of aromatic nitrogens is 5. The number of nitrogens with zero attached hydrogens (tertiary/aromatic N) is 5. The number of aryl methyl sites for hydroxylation is 2. The van der Waals surface area contributed by atoms with E-state index in [1.807, 2.05) is 13.0 Å². The van der Waals surface area contributed by atoms with Crippen molar-refractivity contribution in [2.75, 3.05) is 5.32 Å². The number of hydrogen-bond donors (Lipinski definition) is 2. The highest BCUT2D eigenvalue weighted by Crippen LogP contribution is 2.32. The Labute approximate surface area is 163 Å². The van der Waals surface area contributed by atoms with E-state index in [-0.39, 0.29) is 11.6 Å². The number of pyridine rings is 2. The minimum absolute atomic E-state index is 0.152. The Morgan fingerprint density at radius 1 is 1.10 bits per heavy atom. The van der Waals surface area contributed by atoms with Gasteiger partial charge in [0.2, 0.25) is 5.88 Å². The first-order valence-corrected chi connectivity index (χ1v) is 8.60. The molecule has 0 amide bonds. The third kappa shape index (κ3) is 4.05. The topological polar surface area (TPSA) is 97.5 Å². The zero-order valence-corrected chi connectivity index (χ0v) is 15.5. The number of rotatable bonds is 5. The number of halogens is 2.